The van der Waals surface area contributed by atoms with Gasteiger partial charge in [-0.2, -0.15) is 0 Å². The Labute approximate surface area is 153 Å². The van der Waals surface area contributed by atoms with Gasteiger partial charge in [0.25, 0.3) is 0 Å². The monoisotopic (exact) mass is 364 g/mol. The first-order valence-electron chi connectivity index (χ1n) is 9.27. The van der Waals surface area contributed by atoms with Gasteiger partial charge < -0.3 is 10.2 Å². The van der Waals surface area contributed by atoms with Gasteiger partial charge in [-0.15, -0.1) is 11.3 Å². The van der Waals surface area contributed by atoms with Crippen LogP contribution in [-0.2, 0) is 9.59 Å². The van der Waals surface area contributed by atoms with Crippen LogP contribution < -0.4 is 5.32 Å². The Morgan fingerprint density at radius 3 is 2.68 bits per heavy atom. The summed E-state index contributed by atoms with van der Waals surface area (Å²) in [6.45, 7) is 7.57. The normalized spacial score (nSPS) is 24.1. The van der Waals surface area contributed by atoms with Crippen LogP contribution in [0.25, 0.3) is 0 Å². The second-order valence-electron chi connectivity index (χ2n) is 7.34. The van der Waals surface area contributed by atoms with Gasteiger partial charge in [0.15, 0.2) is 5.13 Å². The van der Waals surface area contributed by atoms with E-state index in [9.17, 15) is 9.59 Å². The summed E-state index contributed by atoms with van der Waals surface area (Å²) in [5, 5.41) is 5.35. The van der Waals surface area contributed by atoms with Gasteiger partial charge in [-0.3, -0.25) is 14.5 Å². The third-order valence-corrected chi connectivity index (χ3v) is 6.13. The topological polar surface area (TPSA) is 65.5 Å². The molecule has 0 saturated carbocycles. The molecule has 2 unspecified atom stereocenters. The Hall–Kier alpha value is -1.47. The number of hydrogen-bond donors (Lipinski definition) is 1. The molecular weight excluding hydrogens is 336 g/mol. The molecule has 138 valence electrons. The molecule has 3 rings (SSSR count). The number of carbonyl (C=O) groups is 2. The number of likely N-dealkylation sites (tertiary alicyclic amines) is 2. The van der Waals surface area contributed by atoms with E-state index in [0.717, 1.165) is 45.4 Å². The zero-order valence-corrected chi connectivity index (χ0v) is 15.9. The summed E-state index contributed by atoms with van der Waals surface area (Å²) in [5.41, 5.74) is 0. The van der Waals surface area contributed by atoms with Gasteiger partial charge in [0.2, 0.25) is 11.8 Å². The van der Waals surface area contributed by atoms with Crippen LogP contribution in [0, 0.1) is 11.8 Å². The zero-order valence-electron chi connectivity index (χ0n) is 15.1. The molecule has 0 spiro atoms. The third kappa shape index (κ3) is 4.58. The molecule has 0 aliphatic carbocycles. The lowest BCUT2D eigenvalue weighted by Gasteiger charge is -2.38. The number of anilines is 1. The predicted octanol–water partition coefficient (Wildman–Crippen LogP) is 2.44. The van der Waals surface area contributed by atoms with Crippen molar-refractivity contribution in [1.29, 1.82) is 0 Å². The van der Waals surface area contributed by atoms with Gasteiger partial charge in [0, 0.05) is 30.6 Å². The number of nitrogens with zero attached hydrogens (tertiary/aromatic N) is 3. The fourth-order valence-electron chi connectivity index (χ4n) is 3.84. The van der Waals surface area contributed by atoms with Crippen molar-refractivity contribution in [2.24, 2.45) is 11.8 Å². The standard InChI is InChI=1S/C18H28N4O2S/c1-13-4-3-8-22(12-13)17(24)15-5-9-21(10-6-15)14(2)16(23)20-18-19-7-11-25-18/h7,11,13-15H,3-6,8-10,12H2,1-2H3,(H,19,20,23). The highest BCUT2D eigenvalue weighted by atomic mass is 32.1. The zero-order chi connectivity index (χ0) is 17.8. The quantitative estimate of drug-likeness (QED) is 0.891. The minimum Gasteiger partial charge on any atom is -0.342 e. The van der Waals surface area contributed by atoms with Crippen molar-refractivity contribution < 1.29 is 9.59 Å². The van der Waals surface area contributed by atoms with Gasteiger partial charge in [-0.1, -0.05) is 6.92 Å². The Kier molecular flexibility index (Phi) is 6.06. The number of nitrogens with one attached hydrogen (secondary N) is 1. The summed E-state index contributed by atoms with van der Waals surface area (Å²) < 4.78 is 0. The number of piperidine rings is 2. The van der Waals surface area contributed by atoms with E-state index in [0.29, 0.717) is 17.0 Å². The molecule has 0 aromatic carbocycles. The van der Waals surface area contributed by atoms with E-state index in [4.69, 9.17) is 0 Å². The molecule has 2 aliphatic rings. The number of rotatable bonds is 4. The first-order chi connectivity index (χ1) is 12.0. The second kappa shape index (κ2) is 8.27. The lowest BCUT2D eigenvalue weighted by molar-refractivity contribution is -0.139. The van der Waals surface area contributed by atoms with E-state index in [1.54, 1.807) is 6.20 Å². The third-order valence-electron chi connectivity index (χ3n) is 5.44. The van der Waals surface area contributed by atoms with Crippen molar-refractivity contribution in [2.45, 2.75) is 45.6 Å². The van der Waals surface area contributed by atoms with Crippen molar-refractivity contribution in [1.82, 2.24) is 14.8 Å². The molecule has 25 heavy (non-hydrogen) atoms. The molecule has 2 saturated heterocycles. The highest BCUT2D eigenvalue weighted by Crippen LogP contribution is 2.24. The molecule has 1 aromatic heterocycles. The molecule has 2 aliphatic heterocycles. The maximum Gasteiger partial charge on any atom is 0.243 e. The minimum atomic E-state index is -0.199. The molecule has 1 aromatic rings. The average Bonchev–Trinajstić information content (AvgIpc) is 3.13. The Morgan fingerprint density at radius 2 is 2.04 bits per heavy atom. The Balaban J connectivity index is 1.47. The minimum absolute atomic E-state index is 0.0235. The van der Waals surface area contributed by atoms with Gasteiger partial charge in [0.05, 0.1) is 6.04 Å². The number of thiazole rings is 1. The fourth-order valence-corrected chi connectivity index (χ4v) is 4.37. The molecule has 1 N–H and O–H groups in total. The van der Waals surface area contributed by atoms with Gasteiger partial charge in [0.1, 0.15) is 0 Å². The first-order valence-corrected chi connectivity index (χ1v) is 10.2. The highest BCUT2D eigenvalue weighted by Gasteiger charge is 2.33. The van der Waals surface area contributed by atoms with Crippen LogP contribution in [-0.4, -0.2) is 58.8 Å². The summed E-state index contributed by atoms with van der Waals surface area (Å²) in [6, 6.07) is -0.199. The van der Waals surface area contributed by atoms with Crippen molar-refractivity contribution in [2.75, 3.05) is 31.5 Å². The van der Waals surface area contributed by atoms with E-state index < -0.39 is 0 Å². The summed E-state index contributed by atoms with van der Waals surface area (Å²) >= 11 is 1.42. The summed E-state index contributed by atoms with van der Waals surface area (Å²) in [5.74, 6) is 1.04. The summed E-state index contributed by atoms with van der Waals surface area (Å²) in [7, 11) is 0. The van der Waals surface area contributed by atoms with Crippen LogP contribution in [0.5, 0.6) is 0 Å². The van der Waals surface area contributed by atoms with E-state index >= 15 is 0 Å². The van der Waals surface area contributed by atoms with Crippen LogP contribution in [0.3, 0.4) is 0 Å². The van der Waals surface area contributed by atoms with E-state index in [1.165, 1.54) is 17.8 Å². The molecular formula is C18H28N4O2S. The second-order valence-corrected chi connectivity index (χ2v) is 8.24. The van der Waals surface area contributed by atoms with Crippen molar-refractivity contribution in [3.05, 3.63) is 11.6 Å². The SMILES string of the molecule is CC1CCCN(C(=O)C2CCN(C(C)C(=O)Nc3nccs3)CC2)C1. The Bertz CT molecular complexity index is 584. The maximum absolute atomic E-state index is 12.7. The molecule has 3 heterocycles. The lowest BCUT2D eigenvalue weighted by atomic mass is 9.92. The molecule has 2 amide bonds. The highest BCUT2D eigenvalue weighted by molar-refractivity contribution is 7.13. The average molecular weight is 365 g/mol. The van der Waals surface area contributed by atoms with Crippen LogP contribution in [0.4, 0.5) is 5.13 Å². The van der Waals surface area contributed by atoms with Gasteiger partial charge >= 0.3 is 0 Å². The number of aromatic nitrogens is 1. The largest absolute Gasteiger partial charge is 0.342 e. The van der Waals surface area contributed by atoms with E-state index in [1.807, 2.05) is 12.3 Å². The molecule has 7 heteroatoms. The Morgan fingerprint density at radius 1 is 1.28 bits per heavy atom. The van der Waals surface area contributed by atoms with Gasteiger partial charge in [-0.05, 0) is 51.6 Å². The predicted molar refractivity (Wildman–Crippen MR) is 99.5 cm³/mol. The lowest BCUT2D eigenvalue weighted by Crippen LogP contribution is -2.49. The van der Waals surface area contributed by atoms with Crippen LogP contribution in [0.15, 0.2) is 11.6 Å². The smallest absolute Gasteiger partial charge is 0.243 e. The van der Waals surface area contributed by atoms with Crippen LogP contribution in [0.2, 0.25) is 0 Å². The molecule has 6 nitrogen and oxygen atoms in total. The molecule has 0 bridgehead atoms. The van der Waals surface area contributed by atoms with E-state index in [-0.39, 0.29) is 17.9 Å². The number of hydrogen-bond acceptors (Lipinski definition) is 5. The fraction of sp³-hybridized carbons (Fsp3) is 0.722. The van der Waals surface area contributed by atoms with Crippen molar-refractivity contribution in [3.8, 4) is 0 Å². The first kappa shape index (κ1) is 18.3. The number of carbonyl (C=O) groups excluding carboxylic acids is 2. The molecule has 0 radical (unpaired) electrons. The van der Waals surface area contributed by atoms with Crippen LogP contribution in [0.1, 0.15) is 39.5 Å². The van der Waals surface area contributed by atoms with Gasteiger partial charge in [-0.25, -0.2) is 4.98 Å². The number of amides is 2. The van der Waals surface area contributed by atoms with E-state index in [2.05, 4.69) is 27.0 Å². The summed E-state index contributed by atoms with van der Waals surface area (Å²) in [6.07, 6.45) is 5.73. The summed E-state index contributed by atoms with van der Waals surface area (Å²) in [4.78, 5) is 33.4. The van der Waals surface area contributed by atoms with Crippen LogP contribution >= 0.6 is 11.3 Å². The maximum atomic E-state index is 12.7. The van der Waals surface area contributed by atoms with Crippen molar-refractivity contribution in [3.63, 3.8) is 0 Å². The van der Waals surface area contributed by atoms with Crippen molar-refractivity contribution >= 4 is 28.3 Å². The molecule has 2 atom stereocenters. The molecule has 2 fully saturated rings.